The van der Waals surface area contributed by atoms with Crippen molar-refractivity contribution in [2.24, 2.45) is 5.73 Å². The molecule has 5 heteroatoms. The normalized spacial score (nSPS) is 9.86. The number of nitrogens with zero attached hydrogens (tertiary/aromatic N) is 2. The molecule has 0 radical (unpaired) electrons. The second-order valence-electron chi connectivity index (χ2n) is 4.70. The minimum absolute atomic E-state index is 0.0352. The Kier molecular flexibility index (Phi) is 4.42. The van der Waals surface area contributed by atoms with E-state index < -0.39 is 5.91 Å². The number of benzene rings is 2. The molecule has 1 amide bonds. The third-order valence-electron chi connectivity index (χ3n) is 3.04. The standard InChI is InChI=1S/C16H16N4O/c17-9-13-5-1-2-7-15(13)20(11-16(19)21)10-12-4-3-6-14(18)8-12/h1-8H,10-11,18H2,(H2,19,21). The van der Waals surface area contributed by atoms with Crippen LogP contribution < -0.4 is 16.4 Å². The number of hydrogen-bond acceptors (Lipinski definition) is 4. The molecule has 0 saturated heterocycles. The molecule has 0 spiro atoms. The number of rotatable bonds is 5. The zero-order chi connectivity index (χ0) is 15.2. The molecule has 0 aliphatic heterocycles. The molecule has 2 aromatic rings. The van der Waals surface area contributed by atoms with Crippen molar-refractivity contribution in [2.75, 3.05) is 17.2 Å². The molecular weight excluding hydrogens is 264 g/mol. The van der Waals surface area contributed by atoms with Gasteiger partial charge in [0.25, 0.3) is 0 Å². The zero-order valence-corrected chi connectivity index (χ0v) is 11.5. The van der Waals surface area contributed by atoms with E-state index in [-0.39, 0.29) is 6.54 Å². The van der Waals surface area contributed by atoms with Gasteiger partial charge in [0.1, 0.15) is 6.07 Å². The van der Waals surface area contributed by atoms with Crippen LogP contribution in [0.1, 0.15) is 11.1 Å². The summed E-state index contributed by atoms with van der Waals surface area (Å²) in [6.07, 6.45) is 0. The molecule has 0 heterocycles. The van der Waals surface area contributed by atoms with E-state index in [1.54, 1.807) is 29.2 Å². The maximum atomic E-state index is 11.3. The van der Waals surface area contributed by atoms with E-state index >= 15 is 0 Å². The average Bonchev–Trinajstić information content (AvgIpc) is 2.46. The Labute approximate surface area is 123 Å². The number of para-hydroxylation sites is 1. The second kappa shape index (κ2) is 6.44. The largest absolute Gasteiger partial charge is 0.399 e. The number of amides is 1. The number of nitriles is 1. The molecule has 0 saturated carbocycles. The van der Waals surface area contributed by atoms with Crippen LogP contribution in [0.25, 0.3) is 0 Å². The van der Waals surface area contributed by atoms with Gasteiger partial charge in [0.2, 0.25) is 5.91 Å². The Hall–Kier alpha value is -3.00. The number of anilines is 2. The van der Waals surface area contributed by atoms with Gasteiger partial charge in [-0.2, -0.15) is 5.26 Å². The summed E-state index contributed by atoms with van der Waals surface area (Å²) in [4.78, 5) is 13.1. The molecule has 0 atom stereocenters. The lowest BCUT2D eigenvalue weighted by molar-refractivity contribution is -0.116. The molecule has 0 aliphatic rings. The predicted molar refractivity (Wildman–Crippen MR) is 82.3 cm³/mol. The third kappa shape index (κ3) is 3.74. The summed E-state index contributed by atoms with van der Waals surface area (Å²) in [7, 11) is 0. The van der Waals surface area contributed by atoms with Gasteiger partial charge >= 0.3 is 0 Å². The number of carbonyl (C=O) groups is 1. The predicted octanol–water partition coefficient (Wildman–Crippen LogP) is 1.63. The Morgan fingerprint density at radius 3 is 2.62 bits per heavy atom. The smallest absolute Gasteiger partial charge is 0.236 e. The van der Waals surface area contributed by atoms with Crippen molar-refractivity contribution >= 4 is 17.3 Å². The summed E-state index contributed by atoms with van der Waals surface area (Å²) in [5.41, 5.74) is 13.9. The molecule has 106 valence electrons. The van der Waals surface area contributed by atoms with Crippen molar-refractivity contribution in [3.8, 4) is 6.07 Å². The van der Waals surface area contributed by atoms with Crippen molar-refractivity contribution in [1.29, 1.82) is 5.26 Å². The van der Waals surface area contributed by atoms with Crippen LogP contribution in [0.4, 0.5) is 11.4 Å². The average molecular weight is 280 g/mol. The van der Waals surface area contributed by atoms with E-state index in [9.17, 15) is 10.1 Å². The summed E-state index contributed by atoms with van der Waals surface area (Å²) < 4.78 is 0. The van der Waals surface area contributed by atoms with Gasteiger partial charge in [-0.3, -0.25) is 4.79 Å². The molecule has 2 rings (SSSR count). The molecule has 0 unspecified atom stereocenters. The highest BCUT2D eigenvalue weighted by molar-refractivity contribution is 5.80. The summed E-state index contributed by atoms with van der Waals surface area (Å²) in [5.74, 6) is -0.452. The SMILES string of the molecule is N#Cc1ccccc1N(CC(N)=O)Cc1cccc(N)c1. The maximum Gasteiger partial charge on any atom is 0.236 e. The van der Waals surface area contributed by atoms with Crippen molar-refractivity contribution in [1.82, 2.24) is 0 Å². The van der Waals surface area contributed by atoms with Gasteiger partial charge in [0.15, 0.2) is 0 Å². The molecular formula is C16H16N4O. The quantitative estimate of drug-likeness (QED) is 0.813. The summed E-state index contributed by atoms with van der Waals surface area (Å²) in [6, 6.07) is 16.6. The van der Waals surface area contributed by atoms with Crippen LogP contribution in [0.2, 0.25) is 0 Å². The van der Waals surface area contributed by atoms with Crippen LogP contribution in [-0.4, -0.2) is 12.5 Å². The Morgan fingerprint density at radius 2 is 1.95 bits per heavy atom. The number of primary amides is 1. The van der Waals surface area contributed by atoms with Gasteiger partial charge in [-0.1, -0.05) is 24.3 Å². The minimum Gasteiger partial charge on any atom is -0.399 e. The molecule has 0 aromatic heterocycles. The third-order valence-corrected chi connectivity index (χ3v) is 3.04. The van der Waals surface area contributed by atoms with Gasteiger partial charge in [-0.05, 0) is 29.8 Å². The summed E-state index contributed by atoms with van der Waals surface area (Å²) in [5, 5.41) is 9.20. The molecule has 0 fully saturated rings. The highest BCUT2D eigenvalue weighted by atomic mass is 16.1. The van der Waals surface area contributed by atoms with E-state index in [0.717, 1.165) is 5.56 Å². The molecule has 0 bridgehead atoms. The Balaban J connectivity index is 2.35. The minimum atomic E-state index is -0.452. The molecule has 5 nitrogen and oxygen atoms in total. The van der Waals surface area contributed by atoms with Gasteiger partial charge in [-0.15, -0.1) is 0 Å². The van der Waals surface area contributed by atoms with E-state index in [2.05, 4.69) is 6.07 Å². The maximum absolute atomic E-state index is 11.3. The first-order valence-electron chi connectivity index (χ1n) is 6.47. The van der Waals surface area contributed by atoms with Crippen LogP contribution in [0.15, 0.2) is 48.5 Å². The first kappa shape index (κ1) is 14.4. The van der Waals surface area contributed by atoms with Gasteiger partial charge < -0.3 is 16.4 Å². The zero-order valence-electron chi connectivity index (χ0n) is 11.5. The number of hydrogen-bond donors (Lipinski definition) is 2. The summed E-state index contributed by atoms with van der Waals surface area (Å²) in [6.45, 7) is 0.486. The van der Waals surface area contributed by atoms with Crippen LogP contribution in [0, 0.1) is 11.3 Å². The number of nitrogen functional groups attached to an aromatic ring is 1. The topological polar surface area (TPSA) is 96.1 Å². The molecule has 21 heavy (non-hydrogen) atoms. The van der Waals surface area contributed by atoms with E-state index in [1.165, 1.54) is 0 Å². The number of nitrogens with two attached hydrogens (primary N) is 2. The highest BCUT2D eigenvalue weighted by Crippen LogP contribution is 2.22. The molecule has 2 aromatic carbocycles. The fourth-order valence-electron chi connectivity index (χ4n) is 2.17. The van der Waals surface area contributed by atoms with E-state index in [0.29, 0.717) is 23.5 Å². The van der Waals surface area contributed by atoms with Crippen LogP contribution in [-0.2, 0) is 11.3 Å². The van der Waals surface area contributed by atoms with Crippen molar-refractivity contribution < 1.29 is 4.79 Å². The lowest BCUT2D eigenvalue weighted by Gasteiger charge is -2.24. The second-order valence-corrected chi connectivity index (χ2v) is 4.70. The first-order chi connectivity index (χ1) is 10.1. The van der Waals surface area contributed by atoms with Gasteiger partial charge in [0, 0.05) is 12.2 Å². The van der Waals surface area contributed by atoms with Crippen molar-refractivity contribution in [3.63, 3.8) is 0 Å². The molecule has 0 aliphatic carbocycles. The first-order valence-corrected chi connectivity index (χ1v) is 6.47. The fraction of sp³-hybridized carbons (Fsp3) is 0.125. The molecule has 4 N–H and O–H groups in total. The van der Waals surface area contributed by atoms with Crippen LogP contribution in [0.3, 0.4) is 0 Å². The van der Waals surface area contributed by atoms with Crippen LogP contribution in [0.5, 0.6) is 0 Å². The number of carbonyl (C=O) groups excluding carboxylic acids is 1. The van der Waals surface area contributed by atoms with Crippen molar-refractivity contribution in [3.05, 3.63) is 59.7 Å². The van der Waals surface area contributed by atoms with E-state index in [1.807, 2.05) is 24.3 Å². The Morgan fingerprint density at radius 1 is 1.19 bits per heavy atom. The van der Waals surface area contributed by atoms with Gasteiger partial charge in [0.05, 0.1) is 17.8 Å². The monoisotopic (exact) mass is 280 g/mol. The van der Waals surface area contributed by atoms with Crippen molar-refractivity contribution in [2.45, 2.75) is 6.54 Å². The van der Waals surface area contributed by atoms with Crippen LogP contribution >= 0.6 is 0 Å². The Bertz CT molecular complexity index is 691. The fourth-order valence-corrected chi connectivity index (χ4v) is 2.17. The summed E-state index contributed by atoms with van der Waals surface area (Å²) >= 11 is 0. The lowest BCUT2D eigenvalue weighted by atomic mass is 10.1. The van der Waals surface area contributed by atoms with Gasteiger partial charge in [-0.25, -0.2) is 0 Å². The van der Waals surface area contributed by atoms with E-state index in [4.69, 9.17) is 11.5 Å². The highest BCUT2D eigenvalue weighted by Gasteiger charge is 2.14. The lowest BCUT2D eigenvalue weighted by Crippen LogP contribution is -2.33.